The van der Waals surface area contributed by atoms with E-state index in [4.69, 9.17) is 9.47 Å². The number of ether oxygens (including phenoxy) is 2. The molecule has 7 heteroatoms. The van der Waals surface area contributed by atoms with E-state index in [-0.39, 0.29) is 12.0 Å². The highest BCUT2D eigenvalue weighted by Crippen LogP contribution is 2.24. The van der Waals surface area contributed by atoms with Crippen molar-refractivity contribution >= 4 is 27.6 Å². The zero-order chi connectivity index (χ0) is 14.4. The van der Waals surface area contributed by atoms with E-state index in [0.29, 0.717) is 12.5 Å². The van der Waals surface area contributed by atoms with E-state index in [1.807, 2.05) is 35.2 Å². The lowest BCUT2D eigenvalue weighted by atomic mass is 10.3. The highest BCUT2D eigenvalue weighted by Gasteiger charge is 2.15. The van der Waals surface area contributed by atoms with Crippen molar-refractivity contribution in [2.24, 2.45) is 0 Å². The van der Waals surface area contributed by atoms with Gasteiger partial charge in [-0.1, -0.05) is 34.1 Å². The zero-order valence-electron chi connectivity index (χ0n) is 11.3. The number of aromatic nitrogens is 3. The van der Waals surface area contributed by atoms with Crippen LogP contribution in [-0.4, -0.2) is 41.0 Å². The van der Waals surface area contributed by atoms with Crippen LogP contribution >= 0.6 is 15.9 Å². The average Bonchev–Trinajstić information content (AvgIpc) is 2.52. The highest BCUT2D eigenvalue weighted by molar-refractivity contribution is 9.09. The summed E-state index contributed by atoms with van der Waals surface area (Å²) in [5.74, 6) is 0.486. The SMILES string of the molecule is COc1nc(OC)nc(N(CCBr)c2ccccc2)n1. The fourth-order valence-electron chi connectivity index (χ4n) is 1.67. The van der Waals surface area contributed by atoms with Crippen molar-refractivity contribution in [1.82, 2.24) is 15.0 Å². The first-order valence-electron chi connectivity index (χ1n) is 6.01. The Balaban J connectivity index is 2.43. The molecule has 1 aromatic carbocycles. The molecule has 6 nitrogen and oxygen atoms in total. The highest BCUT2D eigenvalue weighted by atomic mass is 79.9. The monoisotopic (exact) mass is 338 g/mol. The van der Waals surface area contributed by atoms with Gasteiger partial charge < -0.3 is 14.4 Å². The molecule has 2 aromatic rings. The Morgan fingerprint density at radius 2 is 1.60 bits per heavy atom. The van der Waals surface area contributed by atoms with Gasteiger partial charge >= 0.3 is 12.0 Å². The molecule has 0 bridgehead atoms. The summed E-state index contributed by atoms with van der Waals surface area (Å²) < 4.78 is 10.2. The molecule has 1 aromatic heterocycles. The maximum Gasteiger partial charge on any atom is 0.324 e. The summed E-state index contributed by atoms with van der Waals surface area (Å²) >= 11 is 3.44. The summed E-state index contributed by atoms with van der Waals surface area (Å²) in [4.78, 5) is 14.5. The van der Waals surface area contributed by atoms with Crippen LogP contribution in [0, 0.1) is 0 Å². The van der Waals surface area contributed by atoms with E-state index in [1.165, 1.54) is 14.2 Å². The van der Waals surface area contributed by atoms with Crippen molar-refractivity contribution in [2.45, 2.75) is 0 Å². The Bertz CT molecular complexity index is 531. The van der Waals surface area contributed by atoms with Gasteiger partial charge in [0.15, 0.2) is 0 Å². The number of alkyl halides is 1. The summed E-state index contributed by atoms with van der Waals surface area (Å²) in [5, 5.41) is 0.776. The third kappa shape index (κ3) is 3.36. The van der Waals surface area contributed by atoms with Gasteiger partial charge in [-0.15, -0.1) is 4.98 Å². The molecule has 0 saturated carbocycles. The number of para-hydroxylation sites is 1. The number of halogens is 1. The average molecular weight is 339 g/mol. The summed E-state index contributed by atoms with van der Waals surface area (Å²) in [6.07, 6.45) is 0. The van der Waals surface area contributed by atoms with Crippen LogP contribution in [0.2, 0.25) is 0 Å². The van der Waals surface area contributed by atoms with Crippen LogP contribution < -0.4 is 14.4 Å². The topological polar surface area (TPSA) is 60.4 Å². The van der Waals surface area contributed by atoms with Crippen molar-refractivity contribution in [2.75, 3.05) is 31.0 Å². The number of rotatable bonds is 6. The Hall–Kier alpha value is -1.89. The second-order valence-electron chi connectivity index (χ2n) is 3.78. The van der Waals surface area contributed by atoms with Gasteiger partial charge in [-0.3, -0.25) is 0 Å². The lowest BCUT2D eigenvalue weighted by Gasteiger charge is -2.22. The smallest absolute Gasteiger partial charge is 0.324 e. The predicted octanol–water partition coefficient (Wildman–Crippen LogP) is 2.42. The zero-order valence-corrected chi connectivity index (χ0v) is 12.9. The number of anilines is 2. The van der Waals surface area contributed by atoms with Crippen molar-refractivity contribution in [3.05, 3.63) is 30.3 Å². The molecule has 0 unspecified atom stereocenters. The molecule has 0 N–H and O–H groups in total. The molecule has 0 radical (unpaired) electrons. The number of hydrogen-bond acceptors (Lipinski definition) is 6. The molecule has 0 aliphatic heterocycles. The molecule has 2 rings (SSSR count). The van der Waals surface area contributed by atoms with Gasteiger partial charge in [0.05, 0.1) is 14.2 Å². The van der Waals surface area contributed by atoms with Crippen molar-refractivity contribution in [3.8, 4) is 12.0 Å². The maximum atomic E-state index is 5.08. The van der Waals surface area contributed by atoms with E-state index in [2.05, 4.69) is 30.9 Å². The standard InChI is InChI=1S/C13H15BrN4O2/c1-19-12-15-11(16-13(17-12)20-2)18(9-8-14)10-6-4-3-5-7-10/h3-7H,8-9H2,1-2H3. The van der Waals surface area contributed by atoms with E-state index >= 15 is 0 Å². The van der Waals surface area contributed by atoms with Gasteiger partial charge in [0, 0.05) is 17.6 Å². The number of nitrogens with zero attached hydrogens (tertiary/aromatic N) is 4. The van der Waals surface area contributed by atoms with Crippen molar-refractivity contribution in [3.63, 3.8) is 0 Å². The third-order valence-corrected chi connectivity index (χ3v) is 2.92. The van der Waals surface area contributed by atoms with Crippen LogP contribution in [-0.2, 0) is 0 Å². The van der Waals surface area contributed by atoms with Crippen LogP contribution in [0.3, 0.4) is 0 Å². The molecule has 1 heterocycles. The van der Waals surface area contributed by atoms with E-state index in [0.717, 1.165) is 11.0 Å². The van der Waals surface area contributed by atoms with Crippen LogP contribution in [0.15, 0.2) is 30.3 Å². The van der Waals surface area contributed by atoms with Crippen LogP contribution in [0.1, 0.15) is 0 Å². The maximum absolute atomic E-state index is 5.08. The lowest BCUT2D eigenvalue weighted by molar-refractivity contribution is 0.340. The van der Waals surface area contributed by atoms with E-state index in [9.17, 15) is 0 Å². The van der Waals surface area contributed by atoms with E-state index < -0.39 is 0 Å². The Labute approximate surface area is 125 Å². The van der Waals surface area contributed by atoms with Crippen LogP contribution in [0.4, 0.5) is 11.6 Å². The first-order chi connectivity index (χ1) is 9.78. The molecular weight excluding hydrogens is 324 g/mol. The second-order valence-corrected chi connectivity index (χ2v) is 4.58. The fraction of sp³-hybridized carbons (Fsp3) is 0.308. The van der Waals surface area contributed by atoms with Crippen LogP contribution in [0.5, 0.6) is 12.0 Å². The van der Waals surface area contributed by atoms with Gasteiger partial charge in [-0.25, -0.2) is 0 Å². The molecule has 20 heavy (non-hydrogen) atoms. The quantitative estimate of drug-likeness (QED) is 0.754. The van der Waals surface area contributed by atoms with Gasteiger partial charge in [0.1, 0.15) is 0 Å². The summed E-state index contributed by atoms with van der Waals surface area (Å²) in [6.45, 7) is 0.709. The first kappa shape index (κ1) is 14.5. The lowest BCUT2D eigenvalue weighted by Crippen LogP contribution is -2.22. The summed E-state index contributed by atoms with van der Waals surface area (Å²) in [6, 6.07) is 10.3. The predicted molar refractivity (Wildman–Crippen MR) is 80.2 cm³/mol. The minimum Gasteiger partial charge on any atom is -0.467 e. The molecule has 0 fully saturated rings. The molecule has 0 spiro atoms. The molecule has 0 saturated heterocycles. The third-order valence-electron chi connectivity index (χ3n) is 2.57. The summed E-state index contributed by atoms with van der Waals surface area (Å²) in [5.41, 5.74) is 0.988. The molecule has 0 amide bonds. The normalized spacial score (nSPS) is 10.2. The van der Waals surface area contributed by atoms with Gasteiger partial charge in [0.25, 0.3) is 0 Å². The number of hydrogen-bond donors (Lipinski definition) is 0. The Morgan fingerprint density at radius 1 is 1.00 bits per heavy atom. The largest absolute Gasteiger partial charge is 0.467 e. The first-order valence-corrected chi connectivity index (χ1v) is 7.13. The van der Waals surface area contributed by atoms with Gasteiger partial charge in [-0.2, -0.15) is 9.97 Å². The second kappa shape index (κ2) is 7.04. The molecule has 0 aliphatic rings. The number of methoxy groups -OCH3 is 2. The summed E-state index contributed by atoms with van der Waals surface area (Å²) in [7, 11) is 3.02. The minimum absolute atomic E-state index is 0.224. The Morgan fingerprint density at radius 3 is 2.10 bits per heavy atom. The van der Waals surface area contributed by atoms with E-state index in [1.54, 1.807) is 0 Å². The van der Waals surface area contributed by atoms with Crippen molar-refractivity contribution < 1.29 is 9.47 Å². The molecule has 106 valence electrons. The Kier molecular flexibility index (Phi) is 5.11. The van der Waals surface area contributed by atoms with Gasteiger partial charge in [-0.05, 0) is 12.1 Å². The van der Waals surface area contributed by atoms with Gasteiger partial charge in [0.2, 0.25) is 5.95 Å². The molecule has 0 aliphatic carbocycles. The van der Waals surface area contributed by atoms with Crippen LogP contribution in [0.25, 0.3) is 0 Å². The molecular formula is C13H15BrN4O2. The number of benzene rings is 1. The fourth-order valence-corrected chi connectivity index (χ4v) is 2.02. The van der Waals surface area contributed by atoms with Crippen molar-refractivity contribution in [1.29, 1.82) is 0 Å². The minimum atomic E-state index is 0.224. The molecule has 0 atom stereocenters.